The zero-order chi connectivity index (χ0) is 16.8. The maximum absolute atomic E-state index is 11.2. The third kappa shape index (κ3) is 9.33. The molecule has 1 atom stereocenters. The Hall–Kier alpha value is -0.720. The van der Waals surface area contributed by atoms with E-state index in [1.807, 2.05) is 0 Å². The SMILES string of the molecule is CCCCCCCCCCCCCN([N+]#N)S(=O)(=O)S(=O)[O-]. The van der Waals surface area contributed by atoms with Crippen molar-refractivity contribution < 1.29 is 17.2 Å². The zero-order valence-electron chi connectivity index (χ0n) is 13.3. The van der Waals surface area contributed by atoms with E-state index < -0.39 is 19.2 Å². The van der Waals surface area contributed by atoms with Crippen molar-refractivity contribution in [1.82, 2.24) is 4.41 Å². The second-order valence-electron chi connectivity index (χ2n) is 5.33. The lowest BCUT2D eigenvalue weighted by molar-refractivity contribution is 0.466. The summed E-state index contributed by atoms with van der Waals surface area (Å²) in [5, 5.41) is 11.1. The summed E-state index contributed by atoms with van der Waals surface area (Å²) in [6.45, 7) is 2.08. The molecule has 0 N–H and O–H groups in total. The average Bonchev–Trinajstić information content (AvgIpc) is 2.48. The highest BCUT2D eigenvalue weighted by atomic mass is 33.2. The van der Waals surface area contributed by atoms with Gasteiger partial charge in [-0.05, 0) is 6.42 Å². The van der Waals surface area contributed by atoms with E-state index in [0.29, 0.717) is 6.42 Å². The summed E-state index contributed by atoms with van der Waals surface area (Å²) in [6, 6.07) is 0. The maximum atomic E-state index is 11.2. The summed E-state index contributed by atoms with van der Waals surface area (Å²) < 4.78 is 43.7. The average molecular weight is 354 g/mol. The third-order valence-electron chi connectivity index (χ3n) is 3.48. The fourth-order valence-corrected chi connectivity index (χ4v) is 3.50. The second kappa shape index (κ2) is 12.8. The van der Waals surface area contributed by atoms with Gasteiger partial charge in [0.2, 0.25) is 0 Å². The van der Waals surface area contributed by atoms with Gasteiger partial charge >= 0.3 is 14.1 Å². The van der Waals surface area contributed by atoms with E-state index in [1.54, 1.807) is 0 Å². The molecule has 0 fully saturated rings. The summed E-state index contributed by atoms with van der Waals surface area (Å²) >= 11 is 0. The summed E-state index contributed by atoms with van der Waals surface area (Å²) in [5.41, 5.74) is 0. The molecular formula is C13H27N3O4S2. The van der Waals surface area contributed by atoms with Gasteiger partial charge in [0.25, 0.3) is 5.39 Å². The molecule has 0 saturated heterocycles. The number of hydrogen-bond donors (Lipinski definition) is 0. The number of diazo groups is 1. The van der Waals surface area contributed by atoms with E-state index >= 15 is 0 Å². The minimum Gasteiger partial charge on any atom is -0.758 e. The van der Waals surface area contributed by atoms with Gasteiger partial charge in [0.1, 0.15) is 6.54 Å². The molecule has 130 valence electrons. The number of hydrogen-bond acceptors (Lipinski definition) is 5. The van der Waals surface area contributed by atoms with Crippen molar-refractivity contribution in [2.75, 3.05) is 6.54 Å². The highest BCUT2D eigenvalue weighted by Gasteiger charge is 2.31. The van der Waals surface area contributed by atoms with Crippen molar-refractivity contribution in [3.8, 4) is 0 Å². The Labute approximate surface area is 135 Å². The number of nitrogens with zero attached hydrogens (tertiary/aromatic N) is 3. The van der Waals surface area contributed by atoms with Gasteiger partial charge in [0.05, 0.1) is 14.5 Å². The Morgan fingerprint density at radius 2 is 1.36 bits per heavy atom. The van der Waals surface area contributed by atoms with E-state index in [-0.39, 0.29) is 11.0 Å². The standard InChI is InChI=1S/C13H27N3O4S2/c1-2-3-4-5-6-7-8-9-10-11-12-13-16(15-14)22(19,20)21(17)18/h2-13H2,1H3. The monoisotopic (exact) mass is 353 g/mol. The molecule has 0 heterocycles. The van der Waals surface area contributed by atoms with Gasteiger partial charge in [0.15, 0.2) is 0 Å². The summed E-state index contributed by atoms with van der Waals surface area (Å²) in [6.07, 6.45) is 12.1. The van der Waals surface area contributed by atoms with E-state index in [9.17, 15) is 17.2 Å². The van der Waals surface area contributed by atoms with E-state index in [1.165, 1.54) is 44.9 Å². The van der Waals surface area contributed by atoms with Crippen molar-refractivity contribution in [1.29, 1.82) is 5.39 Å². The molecule has 0 rings (SSSR count). The first kappa shape index (κ1) is 21.3. The van der Waals surface area contributed by atoms with E-state index in [0.717, 1.165) is 19.3 Å². The molecule has 0 aliphatic rings. The molecule has 0 aromatic heterocycles. The first-order valence-corrected chi connectivity index (χ1v) is 11.0. The molecule has 9 heteroatoms. The van der Waals surface area contributed by atoms with Crippen LogP contribution >= 0.6 is 0 Å². The lowest BCUT2D eigenvalue weighted by atomic mass is 10.1. The summed E-state index contributed by atoms with van der Waals surface area (Å²) in [5.74, 6) is 0. The maximum Gasteiger partial charge on any atom is 0.365 e. The summed E-state index contributed by atoms with van der Waals surface area (Å²) in [7, 11) is -7.90. The van der Waals surface area contributed by atoms with Gasteiger partial charge in [0, 0.05) is 0 Å². The van der Waals surface area contributed by atoms with Gasteiger partial charge in [-0.1, -0.05) is 71.1 Å². The van der Waals surface area contributed by atoms with Gasteiger partial charge < -0.3 is 4.55 Å². The van der Waals surface area contributed by atoms with Gasteiger partial charge in [-0.15, -0.1) is 0 Å². The molecule has 0 spiro atoms. The summed E-state index contributed by atoms with van der Waals surface area (Å²) in [4.78, 5) is 0. The first-order valence-electron chi connectivity index (χ1n) is 7.94. The molecular weight excluding hydrogens is 326 g/mol. The molecule has 0 saturated carbocycles. The molecule has 1 unspecified atom stereocenters. The minimum absolute atomic E-state index is 0.121. The van der Waals surface area contributed by atoms with Crippen molar-refractivity contribution >= 4 is 19.2 Å². The molecule has 7 nitrogen and oxygen atoms in total. The normalized spacial score (nSPS) is 12.8. The Kier molecular flexibility index (Phi) is 12.4. The van der Waals surface area contributed by atoms with Crippen LogP contribution in [0.4, 0.5) is 0 Å². The molecule has 0 radical (unpaired) electrons. The highest BCUT2D eigenvalue weighted by molar-refractivity contribution is 8.60. The quantitative estimate of drug-likeness (QED) is 0.156. The first-order chi connectivity index (χ1) is 10.5. The van der Waals surface area contributed by atoms with Crippen LogP contribution in [0.15, 0.2) is 0 Å². The number of unbranched alkanes of at least 4 members (excludes halogenated alkanes) is 10. The van der Waals surface area contributed by atoms with E-state index in [4.69, 9.17) is 5.39 Å². The number of rotatable bonds is 14. The Morgan fingerprint density at radius 3 is 1.73 bits per heavy atom. The second-order valence-corrected chi connectivity index (χ2v) is 9.10. The third-order valence-corrected chi connectivity index (χ3v) is 6.15. The van der Waals surface area contributed by atoms with Crippen molar-refractivity contribution in [3.05, 3.63) is 5.08 Å². The van der Waals surface area contributed by atoms with Gasteiger partial charge in [-0.3, -0.25) is 4.21 Å². The zero-order valence-corrected chi connectivity index (χ0v) is 14.9. The van der Waals surface area contributed by atoms with Crippen LogP contribution in [0.5, 0.6) is 0 Å². The van der Waals surface area contributed by atoms with Crippen molar-refractivity contribution in [2.45, 2.75) is 77.6 Å². The highest BCUT2D eigenvalue weighted by Crippen LogP contribution is 2.13. The van der Waals surface area contributed by atoms with Crippen LogP contribution < -0.4 is 0 Å². The van der Waals surface area contributed by atoms with Crippen LogP contribution in [-0.2, 0) is 19.2 Å². The molecule has 22 heavy (non-hydrogen) atoms. The van der Waals surface area contributed by atoms with Crippen molar-refractivity contribution in [2.24, 2.45) is 0 Å². The molecule has 0 aromatic carbocycles. The van der Waals surface area contributed by atoms with Gasteiger partial charge in [-0.2, -0.15) is 8.42 Å². The predicted octanol–water partition coefficient (Wildman–Crippen LogP) is 3.49. The van der Waals surface area contributed by atoms with Crippen LogP contribution in [0.3, 0.4) is 0 Å². The Bertz CT molecular complexity index is 449. The lowest BCUT2D eigenvalue weighted by Crippen LogP contribution is -2.28. The van der Waals surface area contributed by atoms with Crippen LogP contribution in [-0.4, -0.2) is 28.1 Å². The van der Waals surface area contributed by atoms with Crippen LogP contribution in [0.1, 0.15) is 77.6 Å². The molecule has 0 aromatic rings. The Balaban J connectivity index is 3.61. The minimum atomic E-state index is -4.57. The van der Waals surface area contributed by atoms with Crippen molar-refractivity contribution in [3.63, 3.8) is 0 Å². The molecule has 0 aliphatic heterocycles. The van der Waals surface area contributed by atoms with Gasteiger partial charge in [-0.25, -0.2) is 0 Å². The molecule has 0 amide bonds. The van der Waals surface area contributed by atoms with E-state index in [2.05, 4.69) is 12.0 Å². The largest absolute Gasteiger partial charge is 0.758 e. The molecule has 0 aliphatic carbocycles. The predicted molar refractivity (Wildman–Crippen MR) is 86.1 cm³/mol. The fourth-order valence-electron chi connectivity index (χ4n) is 2.18. The fraction of sp³-hybridized carbons (Fsp3) is 1.00. The smallest absolute Gasteiger partial charge is 0.365 e. The van der Waals surface area contributed by atoms with Crippen LogP contribution in [0, 0.1) is 5.39 Å². The van der Waals surface area contributed by atoms with Crippen LogP contribution in [0.2, 0.25) is 0 Å². The lowest BCUT2D eigenvalue weighted by Gasteiger charge is -2.07. The van der Waals surface area contributed by atoms with Crippen LogP contribution in [0.25, 0.3) is 5.08 Å². The molecule has 0 bridgehead atoms. The Morgan fingerprint density at radius 1 is 0.955 bits per heavy atom. The topological polar surface area (TPSA) is 106 Å².